The van der Waals surface area contributed by atoms with Crippen LogP contribution in [0.5, 0.6) is 0 Å². The average molecular weight is 784 g/mol. The molecule has 2 aliphatic carbocycles. The smallest absolute Gasteiger partial charge is 0.0733 e. The van der Waals surface area contributed by atoms with E-state index in [1.165, 1.54) is 86.9 Å². The van der Waals surface area contributed by atoms with E-state index >= 15 is 0 Å². The molecule has 0 atom stereocenters. The van der Waals surface area contributed by atoms with Gasteiger partial charge in [-0.25, -0.2) is 0 Å². The molecule has 0 amide bonds. The quantitative estimate of drug-likeness (QED) is 0.162. The summed E-state index contributed by atoms with van der Waals surface area (Å²) in [6.07, 6.45) is 0. The molecule has 1 aromatic heterocycles. The van der Waals surface area contributed by atoms with Gasteiger partial charge in [0.15, 0.2) is 0 Å². The van der Waals surface area contributed by atoms with Crippen molar-refractivity contribution in [3.05, 3.63) is 246 Å². The Kier molecular flexibility index (Phi) is 7.73. The van der Waals surface area contributed by atoms with Gasteiger partial charge in [-0.3, -0.25) is 0 Å². The fourth-order valence-corrected chi connectivity index (χ4v) is 11.8. The van der Waals surface area contributed by atoms with Gasteiger partial charge in [0.1, 0.15) is 0 Å². The largest absolute Gasteiger partial charge is 0.310 e. The highest BCUT2D eigenvalue weighted by Crippen LogP contribution is 2.59. The molecule has 0 aliphatic heterocycles. The second kappa shape index (κ2) is 13.3. The summed E-state index contributed by atoms with van der Waals surface area (Å²) in [6, 6.07) is 79.4. The molecule has 0 N–H and O–H groups in total. The minimum Gasteiger partial charge on any atom is -0.310 e. The van der Waals surface area contributed by atoms with Crippen molar-refractivity contribution >= 4 is 48.6 Å². The molecule has 60 heavy (non-hydrogen) atoms. The Hall–Kier alpha value is -7.00. The molecule has 9 aromatic carbocycles. The maximum Gasteiger partial charge on any atom is 0.0733 e. The summed E-state index contributed by atoms with van der Waals surface area (Å²) >= 11 is 1.88. The lowest BCUT2D eigenvalue weighted by Crippen LogP contribution is -2.30. The Morgan fingerprint density at radius 1 is 0.383 bits per heavy atom. The Morgan fingerprint density at radius 3 is 1.63 bits per heavy atom. The fourth-order valence-electron chi connectivity index (χ4n) is 10.7. The molecule has 1 nitrogen and oxygen atoms in total. The van der Waals surface area contributed by atoms with Crippen LogP contribution >= 0.6 is 11.3 Å². The van der Waals surface area contributed by atoms with Crippen LogP contribution in [0.2, 0.25) is 0 Å². The number of para-hydroxylation sites is 1. The van der Waals surface area contributed by atoms with Crippen molar-refractivity contribution < 1.29 is 0 Å². The molecule has 2 aliphatic rings. The Bertz CT molecular complexity index is 3250. The van der Waals surface area contributed by atoms with Crippen molar-refractivity contribution in [2.75, 3.05) is 4.90 Å². The summed E-state index contributed by atoms with van der Waals surface area (Å²) < 4.78 is 2.59. The van der Waals surface area contributed by atoms with Crippen LogP contribution in [0.3, 0.4) is 0 Å². The van der Waals surface area contributed by atoms with Gasteiger partial charge in [-0.1, -0.05) is 184 Å². The van der Waals surface area contributed by atoms with E-state index in [0.717, 1.165) is 17.1 Å². The van der Waals surface area contributed by atoms with Crippen molar-refractivity contribution in [3.8, 4) is 33.4 Å². The van der Waals surface area contributed by atoms with Crippen LogP contribution in [0, 0.1) is 0 Å². The summed E-state index contributed by atoms with van der Waals surface area (Å²) in [6.45, 7) is 4.76. The molecule has 0 radical (unpaired) electrons. The molecule has 0 unspecified atom stereocenters. The Balaban J connectivity index is 1.17. The van der Waals surface area contributed by atoms with E-state index in [9.17, 15) is 0 Å². The van der Waals surface area contributed by atoms with Crippen LogP contribution in [0.4, 0.5) is 17.1 Å². The number of hydrogen-bond acceptors (Lipinski definition) is 2. The van der Waals surface area contributed by atoms with E-state index in [2.05, 4.69) is 231 Å². The van der Waals surface area contributed by atoms with Crippen molar-refractivity contribution in [2.45, 2.75) is 24.7 Å². The molecule has 0 spiro atoms. The first-order valence-electron chi connectivity index (χ1n) is 20.9. The van der Waals surface area contributed by atoms with Crippen LogP contribution < -0.4 is 4.90 Å². The summed E-state index contributed by atoms with van der Waals surface area (Å²) in [5.41, 5.74) is 18.3. The monoisotopic (exact) mass is 783 g/mol. The van der Waals surface area contributed by atoms with Crippen LogP contribution in [0.1, 0.15) is 47.2 Å². The van der Waals surface area contributed by atoms with Crippen molar-refractivity contribution in [3.63, 3.8) is 0 Å². The summed E-state index contributed by atoms with van der Waals surface area (Å²) in [7, 11) is 0. The van der Waals surface area contributed by atoms with Gasteiger partial charge in [-0.15, -0.1) is 11.3 Å². The number of rotatable bonds is 6. The zero-order chi connectivity index (χ0) is 40.0. The minimum absolute atomic E-state index is 0.153. The number of hydrogen-bond donors (Lipinski definition) is 0. The predicted molar refractivity (Wildman–Crippen MR) is 254 cm³/mol. The van der Waals surface area contributed by atoms with Crippen LogP contribution in [0.25, 0.3) is 53.6 Å². The molecule has 2 heteroatoms. The van der Waals surface area contributed by atoms with Gasteiger partial charge in [0.25, 0.3) is 0 Å². The number of thiophene rings is 1. The van der Waals surface area contributed by atoms with Crippen molar-refractivity contribution in [2.24, 2.45) is 0 Å². The molecule has 12 rings (SSSR count). The first-order valence-corrected chi connectivity index (χ1v) is 21.7. The summed E-state index contributed by atoms with van der Waals surface area (Å²) in [5.74, 6) is 0. The number of nitrogens with zero attached hydrogens (tertiary/aromatic N) is 1. The third kappa shape index (κ3) is 4.92. The highest BCUT2D eigenvalue weighted by molar-refractivity contribution is 7.26. The van der Waals surface area contributed by atoms with Crippen molar-refractivity contribution in [1.82, 2.24) is 0 Å². The van der Waals surface area contributed by atoms with Gasteiger partial charge in [-0.05, 0) is 109 Å². The first kappa shape index (κ1) is 35.0. The lowest BCUT2D eigenvalue weighted by Gasteiger charge is -2.38. The third-order valence-electron chi connectivity index (χ3n) is 13.4. The SMILES string of the molecule is CC1(C)c2ccccc2-c2ccc(N(c3ccc4sc5cccc(-c6ccccc6)c5c4c3)c3ccccc3C3(c4ccccc4)c4ccccc4-c4ccccc43)cc21. The summed E-state index contributed by atoms with van der Waals surface area (Å²) in [5, 5.41) is 2.58. The van der Waals surface area contributed by atoms with Crippen molar-refractivity contribution in [1.29, 1.82) is 0 Å². The van der Waals surface area contributed by atoms with Crippen LogP contribution in [-0.2, 0) is 10.8 Å². The second-order valence-electron chi connectivity index (χ2n) is 16.8. The normalized spacial score (nSPS) is 14.1. The lowest BCUT2D eigenvalue weighted by molar-refractivity contribution is 0.660. The molecule has 0 bridgehead atoms. The van der Waals surface area contributed by atoms with Gasteiger partial charge >= 0.3 is 0 Å². The van der Waals surface area contributed by atoms with E-state index in [-0.39, 0.29) is 5.41 Å². The van der Waals surface area contributed by atoms with Gasteiger partial charge in [0.05, 0.1) is 11.1 Å². The molecular weight excluding hydrogens is 743 g/mol. The second-order valence-corrected chi connectivity index (χ2v) is 17.9. The van der Waals surface area contributed by atoms with Gasteiger partial charge in [0.2, 0.25) is 0 Å². The number of benzene rings is 9. The van der Waals surface area contributed by atoms with E-state index in [0.29, 0.717) is 0 Å². The maximum atomic E-state index is 2.55. The van der Waals surface area contributed by atoms with E-state index < -0.39 is 5.41 Å². The molecular formula is C58H41NS. The van der Waals surface area contributed by atoms with Crippen LogP contribution in [0.15, 0.2) is 212 Å². The molecule has 284 valence electrons. The van der Waals surface area contributed by atoms with Crippen LogP contribution in [-0.4, -0.2) is 0 Å². The minimum atomic E-state index is -0.574. The average Bonchev–Trinajstić information content (AvgIpc) is 3.91. The highest BCUT2D eigenvalue weighted by Gasteiger charge is 2.48. The fraction of sp³-hybridized carbons (Fsp3) is 0.0690. The molecule has 10 aromatic rings. The van der Waals surface area contributed by atoms with Gasteiger partial charge in [0, 0.05) is 37.0 Å². The molecule has 0 fully saturated rings. The number of anilines is 3. The Labute approximate surface area is 355 Å². The lowest BCUT2D eigenvalue weighted by atomic mass is 9.67. The van der Waals surface area contributed by atoms with Gasteiger partial charge < -0.3 is 4.90 Å². The highest BCUT2D eigenvalue weighted by atomic mass is 32.1. The third-order valence-corrected chi connectivity index (χ3v) is 14.5. The molecule has 1 heterocycles. The Morgan fingerprint density at radius 2 is 0.917 bits per heavy atom. The van der Waals surface area contributed by atoms with E-state index in [1.54, 1.807) is 0 Å². The zero-order valence-corrected chi connectivity index (χ0v) is 34.4. The van der Waals surface area contributed by atoms with E-state index in [1.807, 2.05) is 11.3 Å². The zero-order valence-electron chi connectivity index (χ0n) is 33.6. The summed E-state index contributed by atoms with van der Waals surface area (Å²) in [4.78, 5) is 2.55. The molecule has 0 saturated heterocycles. The first-order chi connectivity index (χ1) is 29.5. The molecule has 0 saturated carbocycles. The standard InChI is InChI=1S/C58H41NS/c1-57(2)48-26-12-9-22-43(48)46-34-32-41(37-52(46)57)59(40-33-35-54-47(36-40)56-42(25-17-31-55(56)60-54)38-18-5-3-6-19-38)53-30-16-15-29-51(53)58(39-20-7-4-8-21-39)49-27-13-10-23-44(49)45-24-11-14-28-50(45)58/h3-37H,1-2H3. The maximum absolute atomic E-state index is 2.55. The topological polar surface area (TPSA) is 3.24 Å². The predicted octanol–water partition coefficient (Wildman–Crippen LogP) is 15.9. The van der Waals surface area contributed by atoms with Gasteiger partial charge in [-0.2, -0.15) is 0 Å². The number of fused-ring (bicyclic) bond motifs is 9. The van der Waals surface area contributed by atoms with E-state index in [4.69, 9.17) is 0 Å².